The van der Waals surface area contributed by atoms with Crippen LogP contribution in [0.5, 0.6) is 0 Å². The summed E-state index contributed by atoms with van der Waals surface area (Å²) in [6.45, 7) is 6.10. The second-order valence-electron chi connectivity index (χ2n) is 5.68. The lowest BCUT2D eigenvalue weighted by Crippen LogP contribution is -2.17. The predicted octanol–water partition coefficient (Wildman–Crippen LogP) is 4.46. The zero-order valence-electron chi connectivity index (χ0n) is 12.5. The summed E-state index contributed by atoms with van der Waals surface area (Å²) in [5, 5.41) is 6.01. The van der Waals surface area contributed by atoms with Crippen molar-refractivity contribution in [1.29, 1.82) is 0 Å². The van der Waals surface area contributed by atoms with Gasteiger partial charge in [-0.05, 0) is 28.1 Å². The topological polar surface area (TPSA) is 49.8 Å². The van der Waals surface area contributed by atoms with Gasteiger partial charge in [0.15, 0.2) is 0 Å². The van der Waals surface area contributed by atoms with E-state index in [0.29, 0.717) is 27.6 Å². The van der Waals surface area contributed by atoms with Crippen LogP contribution in [-0.2, 0) is 5.41 Å². The molecule has 0 fully saturated rings. The van der Waals surface area contributed by atoms with Gasteiger partial charge in [-0.25, -0.2) is 14.4 Å². The average molecular weight is 353 g/mol. The molecular weight excluding hydrogens is 335 g/mol. The third kappa shape index (κ3) is 3.69. The van der Waals surface area contributed by atoms with E-state index >= 15 is 0 Å². The van der Waals surface area contributed by atoms with Crippen molar-refractivity contribution in [3.8, 4) is 0 Å². The third-order valence-electron chi connectivity index (χ3n) is 2.87. The van der Waals surface area contributed by atoms with Gasteiger partial charge in [-0.1, -0.05) is 26.8 Å². The van der Waals surface area contributed by atoms with E-state index < -0.39 is 0 Å². The van der Waals surface area contributed by atoms with E-state index in [1.165, 1.54) is 6.07 Å². The first kappa shape index (κ1) is 15.7. The van der Waals surface area contributed by atoms with Gasteiger partial charge in [0.25, 0.3) is 0 Å². The standard InChI is InChI=1S/C15H18BrFN4/c1-15(2,3)14-20-11(18-4)8-12(21-14)19-13-9(16)6-5-7-10(13)17/h5-8H,1-4H3,(H2,18,19,20,21). The molecule has 0 atom stereocenters. The monoisotopic (exact) mass is 352 g/mol. The highest BCUT2D eigenvalue weighted by atomic mass is 79.9. The van der Waals surface area contributed by atoms with Crippen LogP contribution in [0.1, 0.15) is 26.6 Å². The summed E-state index contributed by atoms with van der Waals surface area (Å²) in [6, 6.07) is 6.56. The van der Waals surface area contributed by atoms with E-state index in [1.54, 1.807) is 25.2 Å². The summed E-state index contributed by atoms with van der Waals surface area (Å²) >= 11 is 3.34. The van der Waals surface area contributed by atoms with Gasteiger partial charge < -0.3 is 10.6 Å². The number of hydrogen-bond acceptors (Lipinski definition) is 4. The van der Waals surface area contributed by atoms with E-state index in [2.05, 4.69) is 36.5 Å². The van der Waals surface area contributed by atoms with E-state index in [1.807, 2.05) is 20.8 Å². The van der Waals surface area contributed by atoms with E-state index in [4.69, 9.17) is 0 Å². The molecule has 6 heteroatoms. The molecule has 0 amide bonds. The van der Waals surface area contributed by atoms with Crippen molar-refractivity contribution in [2.45, 2.75) is 26.2 Å². The maximum atomic E-state index is 13.9. The molecule has 112 valence electrons. The highest BCUT2D eigenvalue weighted by Crippen LogP contribution is 2.29. The summed E-state index contributed by atoms with van der Waals surface area (Å²) in [6.07, 6.45) is 0. The first-order chi connectivity index (χ1) is 9.81. The molecule has 0 radical (unpaired) electrons. The van der Waals surface area contributed by atoms with Crippen molar-refractivity contribution in [1.82, 2.24) is 9.97 Å². The Labute approximate surface area is 132 Å². The number of para-hydroxylation sites is 1. The molecule has 1 aromatic heterocycles. The number of benzene rings is 1. The maximum Gasteiger partial charge on any atom is 0.147 e. The Hall–Kier alpha value is -1.69. The number of anilines is 3. The summed E-state index contributed by atoms with van der Waals surface area (Å²) in [5.41, 5.74) is 0.161. The van der Waals surface area contributed by atoms with Crippen LogP contribution < -0.4 is 10.6 Å². The SMILES string of the molecule is CNc1cc(Nc2c(F)cccc2Br)nc(C(C)(C)C)n1. The van der Waals surface area contributed by atoms with E-state index in [9.17, 15) is 4.39 Å². The third-order valence-corrected chi connectivity index (χ3v) is 3.53. The minimum atomic E-state index is -0.341. The number of hydrogen-bond donors (Lipinski definition) is 2. The van der Waals surface area contributed by atoms with Crippen molar-refractivity contribution < 1.29 is 4.39 Å². The molecule has 0 aliphatic carbocycles. The lowest BCUT2D eigenvalue weighted by molar-refractivity contribution is 0.547. The summed E-state index contributed by atoms with van der Waals surface area (Å²) < 4.78 is 14.5. The molecule has 0 saturated heterocycles. The van der Waals surface area contributed by atoms with Crippen LogP contribution in [-0.4, -0.2) is 17.0 Å². The first-order valence-electron chi connectivity index (χ1n) is 6.59. The highest BCUT2D eigenvalue weighted by Gasteiger charge is 2.19. The van der Waals surface area contributed by atoms with Crippen molar-refractivity contribution in [3.63, 3.8) is 0 Å². The molecule has 2 aromatic rings. The van der Waals surface area contributed by atoms with Crippen LogP contribution in [0.25, 0.3) is 0 Å². The Balaban J connectivity index is 2.45. The van der Waals surface area contributed by atoms with Crippen molar-refractivity contribution in [3.05, 3.63) is 40.4 Å². The lowest BCUT2D eigenvalue weighted by Gasteiger charge is -2.19. The van der Waals surface area contributed by atoms with Gasteiger partial charge >= 0.3 is 0 Å². The van der Waals surface area contributed by atoms with Crippen molar-refractivity contribution >= 4 is 33.3 Å². The summed E-state index contributed by atoms with van der Waals surface area (Å²) in [7, 11) is 1.79. The Morgan fingerprint density at radius 1 is 1.14 bits per heavy atom. The van der Waals surface area contributed by atoms with Crippen LogP contribution in [0, 0.1) is 5.82 Å². The molecule has 21 heavy (non-hydrogen) atoms. The second-order valence-corrected chi connectivity index (χ2v) is 6.54. The minimum Gasteiger partial charge on any atom is -0.373 e. The number of nitrogens with one attached hydrogen (secondary N) is 2. The fourth-order valence-corrected chi connectivity index (χ4v) is 2.16. The van der Waals surface area contributed by atoms with Crippen LogP contribution in [0.2, 0.25) is 0 Å². The van der Waals surface area contributed by atoms with Gasteiger partial charge in [-0.3, -0.25) is 0 Å². The van der Waals surface area contributed by atoms with Gasteiger partial charge in [-0.2, -0.15) is 0 Å². The second kappa shape index (κ2) is 5.97. The van der Waals surface area contributed by atoms with Gasteiger partial charge in [0.1, 0.15) is 23.3 Å². The molecular formula is C15H18BrFN4. The number of halogens is 2. The van der Waals surface area contributed by atoms with Crippen LogP contribution in [0.3, 0.4) is 0 Å². The predicted molar refractivity (Wildman–Crippen MR) is 87.7 cm³/mol. The highest BCUT2D eigenvalue weighted by molar-refractivity contribution is 9.10. The maximum absolute atomic E-state index is 13.9. The molecule has 0 aliphatic heterocycles. The number of rotatable bonds is 3. The molecule has 1 heterocycles. The van der Waals surface area contributed by atoms with Crippen molar-refractivity contribution in [2.24, 2.45) is 0 Å². The van der Waals surface area contributed by atoms with Gasteiger partial charge in [-0.15, -0.1) is 0 Å². The minimum absolute atomic E-state index is 0.199. The summed E-state index contributed by atoms with van der Waals surface area (Å²) in [5.74, 6) is 1.57. The smallest absolute Gasteiger partial charge is 0.147 e. The van der Waals surface area contributed by atoms with Gasteiger partial charge in [0.05, 0.1) is 5.69 Å². The molecule has 4 nitrogen and oxygen atoms in total. The molecule has 0 bridgehead atoms. The van der Waals surface area contributed by atoms with Crippen molar-refractivity contribution in [2.75, 3.05) is 17.7 Å². The fourth-order valence-electron chi connectivity index (χ4n) is 1.72. The van der Waals surface area contributed by atoms with Gasteiger partial charge in [0.2, 0.25) is 0 Å². The quantitative estimate of drug-likeness (QED) is 0.855. The number of nitrogens with zero attached hydrogens (tertiary/aromatic N) is 2. The van der Waals surface area contributed by atoms with Crippen LogP contribution >= 0.6 is 15.9 Å². The molecule has 0 spiro atoms. The Bertz CT molecular complexity index is 632. The van der Waals surface area contributed by atoms with E-state index in [-0.39, 0.29) is 11.2 Å². The molecule has 0 unspecified atom stereocenters. The van der Waals surface area contributed by atoms with E-state index in [0.717, 1.165) is 0 Å². The summed E-state index contributed by atoms with van der Waals surface area (Å²) in [4.78, 5) is 8.92. The van der Waals surface area contributed by atoms with Crippen LogP contribution in [0.15, 0.2) is 28.7 Å². The number of aromatic nitrogens is 2. The lowest BCUT2D eigenvalue weighted by atomic mass is 9.96. The Morgan fingerprint density at radius 3 is 2.38 bits per heavy atom. The molecule has 0 aliphatic rings. The molecule has 2 N–H and O–H groups in total. The fraction of sp³-hybridized carbons (Fsp3) is 0.333. The zero-order valence-corrected chi connectivity index (χ0v) is 14.0. The normalized spacial score (nSPS) is 11.3. The molecule has 2 rings (SSSR count). The Kier molecular flexibility index (Phi) is 4.46. The average Bonchev–Trinajstić information content (AvgIpc) is 2.42. The molecule has 0 saturated carbocycles. The van der Waals surface area contributed by atoms with Gasteiger partial charge in [0, 0.05) is 23.0 Å². The Morgan fingerprint density at radius 2 is 1.81 bits per heavy atom. The first-order valence-corrected chi connectivity index (χ1v) is 7.39. The van der Waals surface area contributed by atoms with Crippen LogP contribution in [0.4, 0.5) is 21.7 Å². The molecule has 1 aromatic carbocycles. The largest absolute Gasteiger partial charge is 0.373 e. The zero-order chi connectivity index (χ0) is 15.6.